The number of aromatic nitrogens is 3. The molecule has 2 aromatic heterocycles. The van der Waals surface area contributed by atoms with Crippen LogP contribution in [-0.2, 0) is 10.0 Å². The molecule has 5 rings (SSSR count). The molecule has 0 bridgehead atoms. The molecule has 0 atom stereocenters. The Kier molecular flexibility index (Phi) is 6.06. The molecule has 0 radical (unpaired) electrons. The van der Waals surface area contributed by atoms with E-state index >= 15 is 0 Å². The van der Waals surface area contributed by atoms with Crippen LogP contribution in [0.2, 0.25) is 0 Å². The van der Waals surface area contributed by atoms with Crippen molar-refractivity contribution in [3.63, 3.8) is 0 Å². The second-order valence-electron chi connectivity index (χ2n) is 7.67. The van der Waals surface area contributed by atoms with Crippen molar-refractivity contribution in [2.45, 2.75) is 11.3 Å². The minimum absolute atomic E-state index is 0.0511. The van der Waals surface area contributed by atoms with Gasteiger partial charge in [-0.05, 0) is 48.5 Å². The quantitative estimate of drug-likeness (QED) is 0.423. The maximum atomic E-state index is 12.8. The predicted octanol–water partition coefficient (Wildman–Crippen LogP) is 3.48. The van der Waals surface area contributed by atoms with E-state index in [1.807, 2.05) is 0 Å². The molecule has 35 heavy (non-hydrogen) atoms. The van der Waals surface area contributed by atoms with E-state index in [4.69, 9.17) is 9.47 Å². The normalized spacial score (nSPS) is 13.0. The lowest BCUT2D eigenvalue weighted by Gasteiger charge is -2.12. The number of nitrogens with zero attached hydrogens (tertiary/aromatic N) is 3. The molecule has 1 aliphatic rings. The second-order valence-corrected chi connectivity index (χ2v) is 9.35. The van der Waals surface area contributed by atoms with Gasteiger partial charge >= 0.3 is 0 Å². The zero-order chi connectivity index (χ0) is 24.3. The summed E-state index contributed by atoms with van der Waals surface area (Å²) in [6.45, 7) is 0.975. The van der Waals surface area contributed by atoms with Crippen molar-refractivity contribution < 1.29 is 22.7 Å². The van der Waals surface area contributed by atoms with E-state index in [2.05, 4.69) is 20.0 Å². The first kappa shape index (κ1) is 22.4. The first-order valence-electron chi connectivity index (χ1n) is 10.8. The van der Waals surface area contributed by atoms with Crippen molar-refractivity contribution in [2.75, 3.05) is 23.3 Å². The molecular formula is C24H21N5O5S. The van der Waals surface area contributed by atoms with Gasteiger partial charge in [-0.25, -0.2) is 18.4 Å². The number of rotatable bonds is 6. The van der Waals surface area contributed by atoms with Gasteiger partial charge in [0.15, 0.2) is 11.5 Å². The van der Waals surface area contributed by atoms with Crippen LogP contribution in [0.5, 0.6) is 11.5 Å². The van der Waals surface area contributed by atoms with Gasteiger partial charge in [0, 0.05) is 36.1 Å². The summed E-state index contributed by atoms with van der Waals surface area (Å²) in [5.74, 6) is 1.23. The molecule has 11 heteroatoms. The molecule has 0 saturated carbocycles. The Hall–Kier alpha value is -4.38. The average Bonchev–Trinajstić information content (AvgIpc) is 3.30. The largest absolute Gasteiger partial charge is 0.490 e. The summed E-state index contributed by atoms with van der Waals surface area (Å²) in [6, 6.07) is 14.1. The minimum atomic E-state index is -3.86. The summed E-state index contributed by atoms with van der Waals surface area (Å²) in [4.78, 5) is 20.9. The van der Waals surface area contributed by atoms with E-state index in [1.165, 1.54) is 36.4 Å². The SMILES string of the molecule is O=C(Nc1ccc(-n2ccnc2)nc1)c1ccc(NS(=O)(=O)c2ccc3c(c2)OCCCO3)cc1. The Morgan fingerprint density at radius 3 is 2.43 bits per heavy atom. The van der Waals surface area contributed by atoms with Crippen LogP contribution >= 0.6 is 0 Å². The Bertz CT molecular complexity index is 1440. The van der Waals surface area contributed by atoms with Gasteiger partial charge in [-0.3, -0.25) is 14.1 Å². The highest BCUT2D eigenvalue weighted by Gasteiger charge is 2.19. The van der Waals surface area contributed by atoms with Gasteiger partial charge < -0.3 is 14.8 Å². The Morgan fingerprint density at radius 1 is 0.943 bits per heavy atom. The molecule has 2 N–H and O–H groups in total. The number of ether oxygens (including phenoxy) is 2. The van der Waals surface area contributed by atoms with Gasteiger partial charge in [0.2, 0.25) is 0 Å². The molecule has 0 unspecified atom stereocenters. The highest BCUT2D eigenvalue weighted by atomic mass is 32.2. The van der Waals surface area contributed by atoms with Crippen LogP contribution in [0.15, 0.2) is 84.4 Å². The molecule has 1 aliphatic heterocycles. The van der Waals surface area contributed by atoms with Gasteiger partial charge in [0.1, 0.15) is 12.1 Å². The van der Waals surface area contributed by atoms with Gasteiger partial charge in [-0.2, -0.15) is 0 Å². The Labute approximate surface area is 201 Å². The summed E-state index contributed by atoms with van der Waals surface area (Å²) >= 11 is 0. The number of hydrogen-bond acceptors (Lipinski definition) is 7. The number of hydrogen-bond donors (Lipinski definition) is 2. The lowest BCUT2D eigenvalue weighted by molar-refractivity contribution is 0.102. The monoisotopic (exact) mass is 491 g/mol. The number of carbonyl (C=O) groups excluding carboxylic acids is 1. The van der Waals surface area contributed by atoms with E-state index in [-0.39, 0.29) is 10.8 Å². The highest BCUT2D eigenvalue weighted by molar-refractivity contribution is 7.92. The topological polar surface area (TPSA) is 124 Å². The van der Waals surface area contributed by atoms with Crippen molar-refractivity contribution in [3.05, 3.63) is 85.1 Å². The molecule has 178 valence electrons. The zero-order valence-electron chi connectivity index (χ0n) is 18.4. The van der Waals surface area contributed by atoms with Crippen molar-refractivity contribution in [2.24, 2.45) is 0 Å². The Morgan fingerprint density at radius 2 is 1.71 bits per heavy atom. The van der Waals surface area contributed by atoms with Gasteiger partial charge in [0.05, 0.1) is 30.0 Å². The maximum Gasteiger partial charge on any atom is 0.262 e. The number of imidazole rings is 1. The standard InChI is InChI=1S/C24H21N5O5S/c30-24(27-19-6-9-23(26-15-19)29-11-10-25-16-29)17-2-4-18(5-3-17)28-35(31,32)20-7-8-21-22(14-20)34-13-1-12-33-21/h2-11,14-16,28H,1,12-13H2,(H,27,30). The first-order valence-corrected chi connectivity index (χ1v) is 12.2. The summed E-state index contributed by atoms with van der Waals surface area (Å²) in [7, 11) is -3.86. The van der Waals surface area contributed by atoms with Crippen molar-refractivity contribution in [1.82, 2.24) is 14.5 Å². The smallest absolute Gasteiger partial charge is 0.262 e. The van der Waals surface area contributed by atoms with E-state index in [0.29, 0.717) is 47.5 Å². The predicted molar refractivity (Wildman–Crippen MR) is 129 cm³/mol. The third-order valence-electron chi connectivity index (χ3n) is 5.20. The second kappa shape index (κ2) is 9.47. The van der Waals surface area contributed by atoms with E-state index in [9.17, 15) is 13.2 Å². The summed E-state index contributed by atoms with van der Waals surface area (Å²) in [5, 5.41) is 2.77. The van der Waals surface area contributed by atoms with E-state index in [1.54, 1.807) is 47.7 Å². The maximum absolute atomic E-state index is 12.8. The van der Waals surface area contributed by atoms with Gasteiger partial charge in [-0.1, -0.05) is 0 Å². The molecular weight excluding hydrogens is 470 g/mol. The van der Waals surface area contributed by atoms with Gasteiger partial charge in [-0.15, -0.1) is 0 Å². The van der Waals surface area contributed by atoms with Gasteiger partial charge in [0.25, 0.3) is 15.9 Å². The number of amides is 1. The van der Waals surface area contributed by atoms with Crippen LogP contribution in [-0.4, -0.2) is 42.1 Å². The summed E-state index contributed by atoms with van der Waals surface area (Å²) in [6.07, 6.45) is 7.32. The van der Waals surface area contributed by atoms with Crippen LogP contribution in [0.1, 0.15) is 16.8 Å². The number of nitrogens with one attached hydrogen (secondary N) is 2. The van der Waals surface area contributed by atoms with Crippen molar-refractivity contribution >= 4 is 27.3 Å². The minimum Gasteiger partial charge on any atom is -0.490 e. The van der Waals surface area contributed by atoms with E-state index in [0.717, 1.165) is 6.42 Å². The first-order chi connectivity index (χ1) is 17.0. The summed E-state index contributed by atoms with van der Waals surface area (Å²) in [5.41, 5.74) is 1.21. The number of sulfonamides is 1. The number of anilines is 2. The Balaban J connectivity index is 1.24. The lowest BCUT2D eigenvalue weighted by Crippen LogP contribution is -2.14. The number of fused-ring (bicyclic) bond motifs is 1. The fraction of sp³-hybridized carbons (Fsp3) is 0.125. The van der Waals surface area contributed by atoms with Crippen LogP contribution in [0, 0.1) is 0 Å². The van der Waals surface area contributed by atoms with Crippen LogP contribution < -0.4 is 19.5 Å². The molecule has 0 fully saturated rings. The molecule has 0 saturated heterocycles. The van der Waals surface area contributed by atoms with Crippen LogP contribution in [0.4, 0.5) is 11.4 Å². The summed E-state index contributed by atoms with van der Waals surface area (Å²) < 4.78 is 41.1. The highest BCUT2D eigenvalue weighted by Crippen LogP contribution is 2.32. The fourth-order valence-corrected chi connectivity index (χ4v) is 4.50. The number of pyridine rings is 1. The molecule has 0 spiro atoms. The zero-order valence-corrected chi connectivity index (χ0v) is 19.2. The number of benzene rings is 2. The molecule has 2 aromatic carbocycles. The van der Waals surface area contributed by atoms with E-state index < -0.39 is 10.0 Å². The third-order valence-corrected chi connectivity index (χ3v) is 6.58. The van der Waals surface area contributed by atoms with Crippen LogP contribution in [0.3, 0.4) is 0 Å². The lowest BCUT2D eigenvalue weighted by atomic mass is 10.2. The average molecular weight is 492 g/mol. The fourth-order valence-electron chi connectivity index (χ4n) is 3.43. The molecule has 1 amide bonds. The molecule has 3 heterocycles. The van der Waals surface area contributed by atoms with Crippen molar-refractivity contribution in [1.29, 1.82) is 0 Å². The third kappa shape index (κ3) is 5.09. The molecule has 10 nitrogen and oxygen atoms in total. The molecule has 4 aromatic rings. The molecule has 0 aliphatic carbocycles. The number of carbonyl (C=O) groups is 1. The van der Waals surface area contributed by atoms with Crippen molar-refractivity contribution in [3.8, 4) is 17.3 Å². The van der Waals surface area contributed by atoms with Crippen LogP contribution in [0.25, 0.3) is 5.82 Å².